The van der Waals surface area contributed by atoms with Crippen LogP contribution >= 0.6 is 0 Å². The number of pyridine rings is 1. The van der Waals surface area contributed by atoms with E-state index in [1.54, 1.807) is 6.20 Å². The molecule has 74 valence electrons. The summed E-state index contributed by atoms with van der Waals surface area (Å²) in [6, 6.07) is 1.63. The van der Waals surface area contributed by atoms with Crippen molar-refractivity contribution in [2.45, 2.75) is 25.8 Å². The number of aromatic nitrogens is 1. The molecule has 0 bridgehead atoms. The Morgan fingerprint density at radius 3 is 3.21 bits per heavy atom. The van der Waals surface area contributed by atoms with Crippen molar-refractivity contribution in [2.75, 3.05) is 5.32 Å². The minimum Gasteiger partial charge on any atom is -0.320 e. The molecule has 1 aliphatic rings. The van der Waals surface area contributed by atoms with Crippen LogP contribution < -0.4 is 11.1 Å². The van der Waals surface area contributed by atoms with Gasteiger partial charge >= 0.3 is 0 Å². The van der Waals surface area contributed by atoms with Gasteiger partial charge in [0.2, 0.25) is 5.91 Å². The molecular formula is C10H13N3O. The number of nitrogens with two attached hydrogens (primary N) is 1. The van der Waals surface area contributed by atoms with Gasteiger partial charge in [-0.05, 0) is 30.9 Å². The maximum atomic E-state index is 11.4. The minimum absolute atomic E-state index is 0.139. The zero-order valence-corrected chi connectivity index (χ0v) is 8.08. The van der Waals surface area contributed by atoms with E-state index in [0.29, 0.717) is 12.2 Å². The summed E-state index contributed by atoms with van der Waals surface area (Å²) in [4.78, 5) is 15.6. The van der Waals surface area contributed by atoms with Crippen molar-refractivity contribution in [3.8, 4) is 0 Å². The van der Waals surface area contributed by atoms with Gasteiger partial charge in [0, 0.05) is 6.20 Å². The number of amides is 1. The van der Waals surface area contributed by atoms with Crippen LogP contribution in [0.2, 0.25) is 0 Å². The Labute approximate surface area is 82.5 Å². The first kappa shape index (κ1) is 9.15. The van der Waals surface area contributed by atoms with Crippen LogP contribution in [0.5, 0.6) is 0 Å². The molecule has 0 aromatic carbocycles. The number of hydrogen-bond donors (Lipinski definition) is 2. The fourth-order valence-electron chi connectivity index (χ4n) is 1.58. The molecule has 0 fully saturated rings. The monoisotopic (exact) mass is 191 g/mol. The van der Waals surface area contributed by atoms with Crippen LogP contribution in [0.3, 0.4) is 0 Å². The number of nitrogens with zero attached hydrogens (tertiary/aromatic N) is 1. The Kier molecular flexibility index (Phi) is 2.21. The molecule has 0 saturated heterocycles. The molecule has 0 saturated carbocycles. The van der Waals surface area contributed by atoms with Crippen molar-refractivity contribution in [1.29, 1.82) is 0 Å². The maximum Gasteiger partial charge on any atom is 0.242 e. The summed E-state index contributed by atoms with van der Waals surface area (Å²) in [5.41, 5.74) is 7.84. The van der Waals surface area contributed by atoms with E-state index in [1.165, 1.54) is 0 Å². The predicted octanol–water partition coefficient (Wildman–Crippen LogP) is 0.602. The second-order valence-electron chi connectivity index (χ2n) is 3.65. The Bertz CT molecular complexity index is 376. The molecule has 0 spiro atoms. The predicted molar refractivity (Wildman–Crippen MR) is 53.9 cm³/mol. The molecule has 1 unspecified atom stereocenters. The average Bonchev–Trinajstić information content (AvgIpc) is 2.29. The van der Waals surface area contributed by atoms with Gasteiger partial charge in [0.1, 0.15) is 5.82 Å². The van der Waals surface area contributed by atoms with E-state index in [4.69, 9.17) is 5.73 Å². The molecule has 1 atom stereocenters. The number of rotatable bonds is 0. The molecule has 0 radical (unpaired) electrons. The van der Waals surface area contributed by atoms with E-state index in [9.17, 15) is 4.79 Å². The number of carbonyl (C=O) groups excluding carboxylic acids is 1. The Hall–Kier alpha value is -1.42. The number of anilines is 1. The van der Waals surface area contributed by atoms with Crippen LogP contribution in [0.1, 0.15) is 17.5 Å². The summed E-state index contributed by atoms with van der Waals surface area (Å²) >= 11 is 0. The third-order valence-electron chi connectivity index (χ3n) is 2.41. The minimum atomic E-state index is -0.412. The molecule has 4 nitrogen and oxygen atoms in total. The summed E-state index contributed by atoms with van der Waals surface area (Å²) in [5.74, 6) is 0.522. The second-order valence-corrected chi connectivity index (χ2v) is 3.65. The van der Waals surface area contributed by atoms with Gasteiger partial charge in [0.15, 0.2) is 0 Å². The lowest BCUT2D eigenvalue weighted by Gasteiger charge is -2.06. The fourth-order valence-corrected chi connectivity index (χ4v) is 1.58. The topological polar surface area (TPSA) is 68.0 Å². The first-order valence-corrected chi connectivity index (χ1v) is 4.69. The lowest BCUT2D eigenvalue weighted by atomic mass is 10.1. The average molecular weight is 191 g/mol. The van der Waals surface area contributed by atoms with Gasteiger partial charge in [-0.1, -0.05) is 6.07 Å². The number of carbonyl (C=O) groups is 1. The van der Waals surface area contributed by atoms with Crippen LogP contribution in [0.4, 0.5) is 5.82 Å². The number of aryl methyl sites for hydroxylation is 2. The molecule has 1 aromatic rings. The first-order chi connectivity index (χ1) is 6.66. The molecule has 4 heteroatoms. The van der Waals surface area contributed by atoms with Crippen molar-refractivity contribution < 1.29 is 4.79 Å². The Balaban J connectivity index is 2.37. The Morgan fingerprint density at radius 1 is 1.64 bits per heavy atom. The summed E-state index contributed by atoms with van der Waals surface area (Å²) in [6.45, 7) is 1.99. The third kappa shape index (κ3) is 1.61. The standard InChI is InChI=1S/C10H13N3O/c1-6-4-7-2-3-8(11)10(14)13-9(7)12-5-6/h4-5,8H,2-3,11H2,1H3,(H,12,13,14). The lowest BCUT2D eigenvalue weighted by molar-refractivity contribution is -0.117. The summed E-state index contributed by atoms with van der Waals surface area (Å²) in [5, 5.41) is 2.72. The molecule has 1 aromatic heterocycles. The highest BCUT2D eigenvalue weighted by Crippen LogP contribution is 2.19. The molecule has 2 rings (SSSR count). The normalized spacial score (nSPS) is 21.0. The quantitative estimate of drug-likeness (QED) is 0.631. The smallest absolute Gasteiger partial charge is 0.242 e. The number of hydrogen-bond acceptors (Lipinski definition) is 3. The van der Waals surface area contributed by atoms with Crippen LogP contribution in [0.15, 0.2) is 12.3 Å². The molecular weight excluding hydrogens is 178 g/mol. The zero-order valence-electron chi connectivity index (χ0n) is 8.08. The molecule has 1 aliphatic heterocycles. The highest BCUT2D eigenvalue weighted by atomic mass is 16.2. The van der Waals surface area contributed by atoms with Gasteiger partial charge < -0.3 is 11.1 Å². The molecule has 3 N–H and O–H groups in total. The maximum absolute atomic E-state index is 11.4. The largest absolute Gasteiger partial charge is 0.320 e. The fraction of sp³-hybridized carbons (Fsp3) is 0.400. The number of nitrogens with one attached hydrogen (secondary N) is 1. The summed E-state index contributed by atoms with van der Waals surface area (Å²) in [6.07, 6.45) is 3.24. The van der Waals surface area contributed by atoms with Gasteiger partial charge in [0.25, 0.3) is 0 Å². The highest BCUT2D eigenvalue weighted by Gasteiger charge is 2.20. The number of fused-ring (bicyclic) bond motifs is 1. The van der Waals surface area contributed by atoms with Crippen molar-refractivity contribution in [1.82, 2.24) is 4.98 Å². The highest BCUT2D eigenvalue weighted by molar-refractivity contribution is 5.95. The van der Waals surface area contributed by atoms with E-state index in [1.807, 2.05) is 13.0 Å². The van der Waals surface area contributed by atoms with E-state index >= 15 is 0 Å². The molecule has 1 amide bonds. The van der Waals surface area contributed by atoms with Crippen LogP contribution in [-0.4, -0.2) is 16.9 Å². The van der Waals surface area contributed by atoms with Crippen LogP contribution in [0.25, 0.3) is 0 Å². The van der Waals surface area contributed by atoms with Gasteiger partial charge in [-0.2, -0.15) is 0 Å². The van der Waals surface area contributed by atoms with Gasteiger partial charge in [-0.25, -0.2) is 4.98 Å². The zero-order chi connectivity index (χ0) is 10.1. The Morgan fingerprint density at radius 2 is 2.43 bits per heavy atom. The third-order valence-corrected chi connectivity index (χ3v) is 2.41. The summed E-state index contributed by atoms with van der Waals surface area (Å²) in [7, 11) is 0. The second kappa shape index (κ2) is 3.38. The van der Waals surface area contributed by atoms with Crippen molar-refractivity contribution >= 4 is 11.7 Å². The summed E-state index contributed by atoms with van der Waals surface area (Å²) < 4.78 is 0. The lowest BCUT2D eigenvalue weighted by Crippen LogP contribution is -2.34. The van der Waals surface area contributed by atoms with Crippen LogP contribution in [0, 0.1) is 6.92 Å². The van der Waals surface area contributed by atoms with Crippen LogP contribution in [-0.2, 0) is 11.2 Å². The first-order valence-electron chi connectivity index (χ1n) is 4.69. The van der Waals surface area contributed by atoms with Crippen molar-refractivity contribution in [2.24, 2.45) is 5.73 Å². The molecule has 14 heavy (non-hydrogen) atoms. The van der Waals surface area contributed by atoms with Gasteiger partial charge in [0.05, 0.1) is 6.04 Å². The van der Waals surface area contributed by atoms with Crippen molar-refractivity contribution in [3.05, 3.63) is 23.4 Å². The molecule has 0 aliphatic carbocycles. The van der Waals surface area contributed by atoms with Gasteiger partial charge in [-0.15, -0.1) is 0 Å². The van der Waals surface area contributed by atoms with E-state index in [2.05, 4.69) is 10.3 Å². The van der Waals surface area contributed by atoms with E-state index < -0.39 is 6.04 Å². The van der Waals surface area contributed by atoms with Crippen molar-refractivity contribution in [3.63, 3.8) is 0 Å². The van der Waals surface area contributed by atoms with E-state index in [0.717, 1.165) is 17.5 Å². The van der Waals surface area contributed by atoms with E-state index in [-0.39, 0.29) is 5.91 Å². The SMILES string of the molecule is Cc1cnc2c(c1)CCC(N)C(=O)N2. The molecule has 2 heterocycles. The van der Waals surface area contributed by atoms with Gasteiger partial charge in [-0.3, -0.25) is 4.79 Å².